The Bertz CT molecular complexity index is 1120. The quantitative estimate of drug-likeness (QED) is 0.257. The Morgan fingerprint density at radius 2 is 1.64 bits per heavy atom. The molecule has 0 aliphatic carbocycles. The number of halogens is 1. The van der Waals surface area contributed by atoms with Gasteiger partial charge in [0, 0.05) is 36.6 Å². The van der Waals surface area contributed by atoms with E-state index in [2.05, 4.69) is 59.2 Å². The summed E-state index contributed by atoms with van der Waals surface area (Å²) in [6.45, 7) is 2.80. The van der Waals surface area contributed by atoms with Gasteiger partial charge >= 0.3 is 0 Å². The topological polar surface area (TPSA) is 87.5 Å². The Balaban J connectivity index is 0.000000320. The minimum Gasteiger partial charge on any atom is -0.340 e. The zero-order valence-electron chi connectivity index (χ0n) is 22.5. The fourth-order valence-corrected chi connectivity index (χ4v) is 4.89. The van der Waals surface area contributed by atoms with Crippen molar-refractivity contribution in [2.75, 3.05) is 33.2 Å². The van der Waals surface area contributed by atoms with Gasteiger partial charge in [0.1, 0.15) is 6.29 Å². The van der Waals surface area contributed by atoms with Gasteiger partial charge in [-0.15, -0.1) is 0 Å². The minimum atomic E-state index is -0.210. The van der Waals surface area contributed by atoms with Gasteiger partial charge in [0.2, 0.25) is 5.91 Å². The van der Waals surface area contributed by atoms with Gasteiger partial charge in [-0.1, -0.05) is 90.5 Å². The maximum atomic E-state index is 13.3. The van der Waals surface area contributed by atoms with Gasteiger partial charge in [-0.25, -0.2) is 0 Å². The molecular formula is C32H39ClN4O2. The number of nitrogens with zero attached hydrogens (tertiary/aromatic N) is 1. The Labute approximate surface area is 237 Å². The van der Waals surface area contributed by atoms with Crippen LogP contribution < -0.4 is 16.4 Å². The second-order valence-corrected chi connectivity index (χ2v) is 9.98. The summed E-state index contributed by atoms with van der Waals surface area (Å²) in [5, 5.41) is 7.45. The summed E-state index contributed by atoms with van der Waals surface area (Å²) in [6.07, 6.45) is 5.52. The number of nitrogens with one attached hydrogen (secondary N) is 2. The first kappa shape index (κ1) is 30.3. The normalized spacial score (nSPS) is 17.5. The van der Waals surface area contributed by atoms with Crippen molar-refractivity contribution >= 4 is 29.9 Å². The SMILES string of the molecule is CNC[C@@H]1CCN(CC(c2ccccc2)c2ccccc2)C(=O)[C@H](CCN)N1.O=C/C=C/c1ccc(Cl)cc1. The van der Waals surface area contributed by atoms with E-state index < -0.39 is 0 Å². The molecule has 0 aromatic heterocycles. The van der Waals surface area contributed by atoms with Crippen LogP contribution in [0.4, 0.5) is 0 Å². The number of hydrogen-bond donors (Lipinski definition) is 3. The maximum absolute atomic E-state index is 13.3. The summed E-state index contributed by atoms with van der Waals surface area (Å²) in [4.78, 5) is 25.2. The molecule has 1 saturated heterocycles. The van der Waals surface area contributed by atoms with Crippen LogP contribution >= 0.6 is 11.6 Å². The van der Waals surface area contributed by atoms with Crippen LogP contribution in [-0.4, -0.2) is 62.4 Å². The standard InChI is InChI=1S/C23H32N4O.C9H7ClO/c1-25-16-20-13-15-27(23(28)22(26-20)12-14-24)17-21(18-8-4-2-5-9-18)19-10-6-3-7-11-19;10-9-5-3-8(4-6-9)2-1-7-11/h2-11,20-22,25-26H,12-17,24H2,1H3;1-7H/b;2-1+/t20-,22-;/m0./s1. The van der Waals surface area contributed by atoms with E-state index >= 15 is 0 Å². The smallest absolute Gasteiger partial charge is 0.239 e. The molecule has 0 unspecified atom stereocenters. The number of hydrogen-bond acceptors (Lipinski definition) is 5. The highest BCUT2D eigenvalue weighted by atomic mass is 35.5. The molecule has 4 rings (SSSR count). The Morgan fingerprint density at radius 1 is 1.03 bits per heavy atom. The summed E-state index contributed by atoms with van der Waals surface area (Å²) in [5.74, 6) is 0.326. The highest BCUT2D eigenvalue weighted by Gasteiger charge is 2.31. The number of carbonyl (C=O) groups is 2. The molecule has 0 spiro atoms. The highest BCUT2D eigenvalue weighted by Crippen LogP contribution is 2.27. The van der Waals surface area contributed by atoms with Crippen LogP contribution in [0.1, 0.15) is 35.4 Å². The monoisotopic (exact) mass is 546 g/mol. The van der Waals surface area contributed by atoms with Crippen molar-refractivity contribution < 1.29 is 9.59 Å². The zero-order valence-corrected chi connectivity index (χ0v) is 23.3. The third-order valence-electron chi connectivity index (χ3n) is 6.74. The second kappa shape index (κ2) is 16.6. The van der Waals surface area contributed by atoms with Crippen LogP contribution in [0.15, 0.2) is 91.0 Å². The van der Waals surface area contributed by atoms with Crippen molar-refractivity contribution in [2.45, 2.75) is 30.8 Å². The van der Waals surface area contributed by atoms with Gasteiger partial charge < -0.3 is 21.3 Å². The second-order valence-electron chi connectivity index (χ2n) is 9.54. The summed E-state index contributed by atoms with van der Waals surface area (Å²) >= 11 is 5.65. The first-order valence-electron chi connectivity index (χ1n) is 13.4. The predicted molar refractivity (Wildman–Crippen MR) is 161 cm³/mol. The molecule has 1 fully saturated rings. The number of amides is 1. The van der Waals surface area contributed by atoms with Crippen molar-refractivity contribution in [1.29, 1.82) is 0 Å². The average molecular weight is 547 g/mol. The van der Waals surface area contributed by atoms with E-state index in [1.807, 2.05) is 36.2 Å². The summed E-state index contributed by atoms with van der Waals surface area (Å²) in [6, 6.07) is 28.3. The van der Waals surface area contributed by atoms with E-state index in [0.717, 1.165) is 31.4 Å². The molecule has 1 amide bonds. The third kappa shape index (κ3) is 9.75. The molecule has 2 atom stereocenters. The molecule has 0 radical (unpaired) electrons. The summed E-state index contributed by atoms with van der Waals surface area (Å²) in [5.41, 5.74) is 9.24. The molecule has 1 heterocycles. The van der Waals surface area contributed by atoms with E-state index in [1.54, 1.807) is 18.2 Å². The molecule has 6 nitrogen and oxygen atoms in total. The van der Waals surface area contributed by atoms with E-state index in [-0.39, 0.29) is 23.9 Å². The van der Waals surface area contributed by atoms with E-state index in [1.165, 1.54) is 17.2 Å². The molecular weight excluding hydrogens is 508 g/mol. The molecule has 3 aromatic rings. The van der Waals surface area contributed by atoms with Crippen molar-refractivity contribution in [1.82, 2.24) is 15.5 Å². The molecule has 39 heavy (non-hydrogen) atoms. The Morgan fingerprint density at radius 3 is 2.18 bits per heavy atom. The minimum absolute atomic E-state index is 0.158. The fraction of sp³-hybridized carbons (Fsp3) is 0.312. The number of nitrogens with two attached hydrogens (primary N) is 1. The Kier molecular flexibility index (Phi) is 12.9. The molecule has 0 saturated carbocycles. The average Bonchev–Trinajstić information content (AvgIpc) is 3.11. The lowest BCUT2D eigenvalue weighted by Crippen LogP contribution is -2.49. The van der Waals surface area contributed by atoms with E-state index in [4.69, 9.17) is 17.3 Å². The molecule has 206 valence electrons. The van der Waals surface area contributed by atoms with Crippen LogP contribution in [0.25, 0.3) is 6.08 Å². The molecule has 0 bridgehead atoms. The molecule has 1 aliphatic heterocycles. The van der Waals surface area contributed by atoms with Crippen molar-refractivity contribution in [2.24, 2.45) is 5.73 Å². The van der Waals surface area contributed by atoms with Gasteiger partial charge in [-0.2, -0.15) is 0 Å². The van der Waals surface area contributed by atoms with Crippen LogP contribution in [0.3, 0.4) is 0 Å². The predicted octanol–water partition coefficient (Wildman–Crippen LogP) is 4.50. The van der Waals surface area contributed by atoms with E-state index in [0.29, 0.717) is 24.5 Å². The van der Waals surface area contributed by atoms with Gasteiger partial charge in [0.25, 0.3) is 0 Å². The first-order valence-corrected chi connectivity index (χ1v) is 13.8. The van der Waals surface area contributed by atoms with Crippen molar-refractivity contribution in [3.05, 3.63) is 113 Å². The van der Waals surface area contributed by atoms with Crippen molar-refractivity contribution in [3.63, 3.8) is 0 Å². The summed E-state index contributed by atoms with van der Waals surface area (Å²) < 4.78 is 0. The Hall–Kier alpha value is -3.29. The molecule has 7 heteroatoms. The molecule has 1 aliphatic rings. The van der Waals surface area contributed by atoms with Crippen LogP contribution in [0.5, 0.6) is 0 Å². The number of aldehydes is 1. The molecule has 3 aromatic carbocycles. The van der Waals surface area contributed by atoms with Gasteiger partial charge in [0.15, 0.2) is 0 Å². The summed E-state index contributed by atoms with van der Waals surface area (Å²) in [7, 11) is 1.95. The number of allylic oxidation sites excluding steroid dienone is 1. The largest absolute Gasteiger partial charge is 0.340 e. The number of likely N-dealkylation sites (N-methyl/N-ethyl adjacent to an activating group) is 1. The van der Waals surface area contributed by atoms with Crippen LogP contribution in [0.2, 0.25) is 5.02 Å². The fourth-order valence-electron chi connectivity index (χ4n) is 4.76. The maximum Gasteiger partial charge on any atom is 0.239 e. The molecule has 4 N–H and O–H groups in total. The van der Waals surface area contributed by atoms with Gasteiger partial charge in [-0.05, 0) is 61.3 Å². The van der Waals surface area contributed by atoms with E-state index in [9.17, 15) is 9.59 Å². The first-order chi connectivity index (χ1) is 19.0. The van der Waals surface area contributed by atoms with Crippen molar-refractivity contribution in [3.8, 4) is 0 Å². The number of benzene rings is 3. The third-order valence-corrected chi connectivity index (χ3v) is 7.00. The van der Waals surface area contributed by atoms with Crippen LogP contribution in [0, 0.1) is 0 Å². The lowest BCUT2D eigenvalue weighted by Gasteiger charge is -2.29. The van der Waals surface area contributed by atoms with Gasteiger partial charge in [-0.3, -0.25) is 9.59 Å². The zero-order chi connectivity index (χ0) is 27.9. The number of rotatable bonds is 10. The lowest BCUT2D eigenvalue weighted by molar-refractivity contribution is -0.133. The van der Waals surface area contributed by atoms with Gasteiger partial charge in [0.05, 0.1) is 6.04 Å². The lowest BCUT2D eigenvalue weighted by atomic mass is 9.90. The van der Waals surface area contributed by atoms with Crippen LogP contribution in [-0.2, 0) is 9.59 Å². The number of carbonyl (C=O) groups excluding carboxylic acids is 2. The highest BCUT2D eigenvalue weighted by molar-refractivity contribution is 6.30.